The fraction of sp³-hybridized carbons (Fsp3) is 0.345. The molecule has 1 heterocycles. The molecule has 32 heavy (non-hydrogen) atoms. The van der Waals surface area contributed by atoms with Gasteiger partial charge in [0.2, 0.25) is 0 Å². The lowest BCUT2D eigenvalue weighted by molar-refractivity contribution is 0.596. The minimum absolute atomic E-state index is 0.0218. The molecule has 0 amide bonds. The van der Waals surface area contributed by atoms with Crippen molar-refractivity contribution in [2.75, 3.05) is 0 Å². The molecule has 3 heteroatoms. The monoisotopic (exact) mass is 423 g/mol. The van der Waals surface area contributed by atoms with Gasteiger partial charge in [0.05, 0.1) is 11.4 Å². The topological polar surface area (TPSA) is 38.7 Å². The molecule has 0 unspecified atom stereocenters. The predicted octanol–water partition coefficient (Wildman–Crippen LogP) is 7.90. The first-order valence-electron chi connectivity index (χ1n) is 11.5. The van der Waals surface area contributed by atoms with E-state index in [-0.39, 0.29) is 5.41 Å². The number of hydrogen-bond donors (Lipinski definition) is 0. The summed E-state index contributed by atoms with van der Waals surface area (Å²) in [6, 6.07) is 21.8. The Morgan fingerprint density at radius 3 is 1.94 bits per heavy atom. The maximum atomic E-state index is 4.49. The molecular formula is C29H33N3. The molecular weight excluding hydrogens is 390 g/mol. The van der Waals surface area contributed by atoms with Crippen molar-refractivity contribution in [3.63, 3.8) is 0 Å². The van der Waals surface area contributed by atoms with Crippen LogP contribution in [0.4, 0.5) is 0 Å². The van der Waals surface area contributed by atoms with Crippen LogP contribution in [0.2, 0.25) is 0 Å². The molecule has 0 saturated heterocycles. The van der Waals surface area contributed by atoms with Crippen molar-refractivity contribution in [2.45, 2.75) is 65.7 Å². The van der Waals surface area contributed by atoms with Crippen molar-refractivity contribution >= 4 is 10.8 Å². The van der Waals surface area contributed by atoms with Crippen LogP contribution in [0.15, 0.2) is 60.7 Å². The van der Waals surface area contributed by atoms with Gasteiger partial charge in [0, 0.05) is 11.1 Å². The largest absolute Gasteiger partial charge is 0.130 e. The highest BCUT2D eigenvalue weighted by atomic mass is 15.3. The Morgan fingerprint density at radius 1 is 0.688 bits per heavy atom. The summed E-state index contributed by atoms with van der Waals surface area (Å²) >= 11 is 0. The molecule has 0 aliphatic rings. The van der Waals surface area contributed by atoms with Crippen LogP contribution in [0.25, 0.3) is 33.3 Å². The summed E-state index contributed by atoms with van der Waals surface area (Å²) in [5, 5.41) is 15.7. The third-order valence-corrected chi connectivity index (χ3v) is 6.17. The maximum absolute atomic E-state index is 4.49. The molecule has 164 valence electrons. The van der Waals surface area contributed by atoms with Crippen LogP contribution in [-0.4, -0.2) is 15.4 Å². The molecule has 0 aliphatic carbocycles. The third kappa shape index (κ3) is 4.17. The molecule has 0 bridgehead atoms. The number of fused-ring (bicyclic) bond motifs is 1. The van der Waals surface area contributed by atoms with E-state index in [1.165, 1.54) is 33.0 Å². The summed E-state index contributed by atoms with van der Waals surface area (Å²) in [5.74, 6) is 0.797. The van der Waals surface area contributed by atoms with E-state index >= 15 is 0 Å². The Balaban J connectivity index is 1.94. The summed E-state index contributed by atoms with van der Waals surface area (Å²) < 4.78 is 0. The van der Waals surface area contributed by atoms with Gasteiger partial charge in [-0.1, -0.05) is 90.9 Å². The Kier molecular flexibility index (Phi) is 5.85. The van der Waals surface area contributed by atoms with E-state index in [9.17, 15) is 0 Å². The van der Waals surface area contributed by atoms with Crippen LogP contribution in [0.5, 0.6) is 0 Å². The average Bonchev–Trinajstić information content (AvgIpc) is 2.77. The van der Waals surface area contributed by atoms with E-state index < -0.39 is 0 Å². The van der Waals surface area contributed by atoms with Crippen molar-refractivity contribution in [3.8, 4) is 22.5 Å². The smallest absolute Gasteiger partial charge is 0.0975 e. The van der Waals surface area contributed by atoms with Gasteiger partial charge in [-0.15, -0.1) is 10.2 Å². The first kappa shape index (κ1) is 22.1. The summed E-state index contributed by atoms with van der Waals surface area (Å²) in [7, 11) is 0. The van der Waals surface area contributed by atoms with Gasteiger partial charge in [-0.3, -0.25) is 0 Å². The van der Waals surface area contributed by atoms with Gasteiger partial charge in [-0.25, -0.2) is 0 Å². The normalized spacial score (nSPS) is 12.2. The van der Waals surface area contributed by atoms with Crippen LogP contribution in [0.3, 0.4) is 0 Å². The van der Waals surface area contributed by atoms with Gasteiger partial charge >= 0.3 is 0 Å². The standard InChI is InChI=1S/C29H33N3/c1-18(2)22-13-10-14-23(19(3)4)28(22)27-17-26(30-32-31-27)21-15-20-11-8-9-12-24(20)25(16-21)29(5,6)7/h8-19H,1-7H3. The van der Waals surface area contributed by atoms with Gasteiger partial charge < -0.3 is 0 Å². The van der Waals surface area contributed by atoms with Crippen molar-refractivity contribution in [1.82, 2.24) is 15.4 Å². The third-order valence-electron chi connectivity index (χ3n) is 6.17. The predicted molar refractivity (Wildman–Crippen MR) is 135 cm³/mol. The lowest BCUT2D eigenvalue weighted by atomic mass is 9.82. The van der Waals surface area contributed by atoms with E-state index in [2.05, 4.69) is 125 Å². The molecule has 4 rings (SSSR count). The van der Waals surface area contributed by atoms with E-state index in [0.29, 0.717) is 11.8 Å². The molecule has 0 radical (unpaired) electrons. The molecule has 0 spiro atoms. The molecule has 0 aliphatic heterocycles. The number of aromatic nitrogens is 3. The molecule has 3 aromatic carbocycles. The van der Waals surface area contributed by atoms with E-state index in [0.717, 1.165) is 17.0 Å². The summed E-state index contributed by atoms with van der Waals surface area (Å²) in [6.45, 7) is 15.7. The Bertz CT molecular complexity index is 1240. The molecule has 3 nitrogen and oxygen atoms in total. The van der Waals surface area contributed by atoms with Crippen LogP contribution in [0.1, 0.15) is 77.0 Å². The van der Waals surface area contributed by atoms with Crippen molar-refractivity contribution in [3.05, 3.63) is 77.4 Å². The van der Waals surface area contributed by atoms with Crippen molar-refractivity contribution in [2.24, 2.45) is 0 Å². The average molecular weight is 424 g/mol. The second-order valence-electron chi connectivity index (χ2n) is 10.3. The zero-order valence-electron chi connectivity index (χ0n) is 20.3. The van der Waals surface area contributed by atoms with Gasteiger partial charge in [-0.2, -0.15) is 0 Å². The Labute approximate surface area is 191 Å². The molecule has 1 aromatic heterocycles. The Morgan fingerprint density at radius 2 is 1.31 bits per heavy atom. The quantitative estimate of drug-likeness (QED) is 0.335. The van der Waals surface area contributed by atoms with Gasteiger partial charge in [0.25, 0.3) is 0 Å². The second-order valence-corrected chi connectivity index (χ2v) is 10.3. The van der Waals surface area contributed by atoms with Crippen LogP contribution in [-0.2, 0) is 5.41 Å². The Hall–Kier alpha value is -3.07. The highest BCUT2D eigenvalue weighted by Gasteiger charge is 2.21. The first-order chi connectivity index (χ1) is 15.2. The minimum atomic E-state index is 0.0218. The van der Waals surface area contributed by atoms with Crippen LogP contribution >= 0.6 is 0 Å². The zero-order chi connectivity index (χ0) is 23.0. The maximum Gasteiger partial charge on any atom is 0.0975 e. The number of rotatable bonds is 4. The highest BCUT2D eigenvalue weighted by molar-refractivity contribution is 5.91. The van der Waals surface area contributed by atoms with E-state index in [1.807, 2.05) is 0 Å². The molecule has 4 aromatic rings. The van der Waals surface area contributed by atoms with E-state index in [1.54, 1.807) is 0 Å². The van der Waals surface area contributed by atoms with Crippen molar-refractivity contribution < 1.29 is 0 Å². The lowest BCUT2D eigenvalue weighted by Crippen LogP contribution is -2.12. The number of hydrogen-bond acceptors (Lipinski definition) is 3. The van der Waals surface area contributed by atoms with Crippen LogP contribution < -0.4 is 0 Å². The molecule has 0 N–H and O–H groups in total. The molecule has 0 atom stereocenters. The summed E-state index contributed by atoms with van der Waals surface area (Å²) in [4.78, 5) is 0. The zero-order valence-corrected chi connectivity index (χ0v) is 20.3. The number of nitrogens with zero attached hydrogens (tertiary/aromatic N) is 3. The first-order valence-corrected chi connectivity index (χ1v) is 11.5. The van der Waals surface area contributed by atoms with Crippen molar-refractivity contribution in [1.29, 1.82) is 0 Å². The van der Waals surface area contributed by atoms with Gasteiger partial charge in [-0.05, 0) is 68.1 Å². The highest BCUT2D eigenvalue weighted by Crippen LogP contribution is 2.37. The van der Waals surface area contributed by atoms with E-state index in [4.69, 9.17) is 0 Å². The van der Waals surface area contributed by atoms with Crippen LogP contribution in [0, 0.1) is 0 Å². The minimum Gasteiger partial charge on any atom is -0.130 e. The molecule has 0 saturated carbocycles. The summed E-state index contributed by atoms with van der Waals surface area (Å²) in [6.07, 6.45) is 0. The van der Waals surface area contributed by atoms with Gasteiger partial charge in [0.1, 0.15) is 0 Å². The summed E-state index contributed by atoms with van der Waals surface area (Å²) in [5.41, 5.74) is 7.98. The second kappa shape index (κ2) is 8.46. The molecule has 0 fully saturated rings. The fourth-order valence-corrected chi connectivity index (χ4v) is 4.49. The SMILES string of the molecule is CC(C)c1cccc(C(C)C)c1-c1cc(-c2cc(C(C)(C)C)c3ccccc3c2)nnn1. The fourth-order valence-electron chi connectivity index (χ4n) is 4.49. The lowest BCUT2D eigenvalue weighted by Gasteiger charge is -2.23. The van der Waals surface area contributed by atoms with Gasteiger partial charge in [0.15, 0.2) is 0 Å². The number of benzene rings is 3.